The maximum absolute atomic E-state index is 10.1. The zero-order chi connectivity index (χ0) is 50.9. The summed E-state index contributed by atoms with van der Waals surface area (Å²) in [5.41, 5.74) is -1.36. The van der Waals surface area contributed by atoms with Gasteiger partial charge in [0.1, 0.15) is 0 Å². The Morgan fingerprint density at radius 1 is 0.412 bits per heavy atom. The fraction of sp³-hybridized carbons (Fsp3) is 0. The number of para-hydroxylation sites is 3. The highest BCUT2D eigenvalue weighted by Crippen LogP contribution is 2.45. The first-order valence-corrected chi connectivity index (χ1v) is 16.6. The SMILES string of the molecule is [2H]c1cccc(-c2c([2H])c([2H])c([2H])c3sc4c([2H])c([2H])c([2H])c(-n5c6cc([2H])c([2H])c([2H])c6c6c([2H])c(-c7c([2H])c([2H])c([2H])c8c7c7cc([2H])c([2H])c([2H])c7n8-c7ccccc7)c([2H])c([2H])c65)c4c23)c1[2H]. The zero-order valence-electron chi connectivity index (χ0n) is 46.1. The van der Waals surface area contributed by atoms with Crippen molar-refractivity contribution < 1.29 is 27.4 Å². The Balaban J connectivity index is 1.39. The minimum Gasteiger partial charge on any atom is -0.309 e. The quantitative estimate of drug-likeness (QED) is 0.174. The van der Waals surface area contributed by atoms with Gasteiger partial charge in [-0.25, -0.2) is 0 Å². The molecule has 0 aliphatic heterocycles. The van der Waals surface area contributed by atoms with Gasteiger partial charge < -0.3 is 9.13 Å². The molecule has 3 aromatic heterocycles. The van der Waals surface area contributed by atoms with Gasteiger partial charge >= 0.3 is 0 Å². The molecule has 0 amide bonds. The monoisotopic (exact) mass is 686 g/mol. The smallest absolute Gasteiger partial charge is 0.0645 e. The van der Waals surface area contributed by atoms with E-state index in [1.54, 1.807) is 30.3 Å². The van der Waals surface area contributed by atoms with E-state index in [0.29, 0.717) is 5.69 Å². The second-order valence-electron chi connectivity index (χ2n) is 11.7. The van der Waals surface area contributed by atoms with E-state index in [4.69, 9.17) is 16.4 Å². The van der Waals surface area contributed by atoms with E-state index in [-0.39, 0.29) is 98.2 Å². The molecule has 0 bridgehead atoms. The summed E-state index contributed by atoms with van der Waals surface area (Å²) in [6.07, 6.45) is 0. The van der Waals surface area contributed by atoms with Gasteiger partial charge in [-0.05, 0) is 82.7 Å². The van der Waals surface area contributed by atoms with Crippen LogP contribution in [0.1, 0.15) is 27.4 Å². The van der Waals surface area contributed by atoms with Crippen molar-refractivity contribution in [3.63, 3.8) is 0 Å². The molecule has 0 N–H and O–H groups in total. The molecule has 2 nitrogen and oxygen atoms in total. The predicted molar refractivity (Wildman–Crippen MR) is 219 cm³/mol. The van der Waals surface area contributed by atoms with E-state index < -0.39 is 114 Å². The summed E-state index contributed by atoms with van der Waals surface area (Å²) in [6.45, 7) is 0. The first-order valence-electron chi connectivity index (χ1n) is 25.8. The first kappa shape index (κ1) is 15.2. The van der Waals surface area contributed by atoms with E-state index in [9.17, 15) is 11.0 Å². The molecule has 11 aromatic rings. The number of nitrogens with zero attached hydrogens (tertiary/aromatic N) is 2. The molecule has 0 fully saturated rings. The minimum absolute atomic E-state index is 0.00273. The molecular weight excluding hydrogens is 637 g/mol. The third kappa shape index (κ3) is 4.16. The number of hydrogen-bond acceptors (Lipinski definition) is 1. The molecule has 8 aromatic carbocycles. The predicted octanol–water partition coefficient (Wildman–Crippen LogP) is 13.6. The van der Waals surface area contributed by atoms with Crippen LogP contribution in [-0.4, -0.2) is 9.13 Å². The molecule has 0 unspecified atom stereocenters. The first-order chi connectivity index (χ1) is 33.6. The summed E-state index contributed by atoms with van der Waals surface area (Å²) in [5, 5.41) is -0.597. The van der Waals surface area contributed by atoms with E-state index in [0.717, 1.165) is 17.4 Å². The van der Waals surface area contributed by atoms with E-state index >= 15 is 0 Å². The lowest BCUT2D eigenvalue weighted by Crippen LogP contribution is -1.95. The fourth-order valence-electron chi connectivity index (χ4n) is 6.96. The van der Waals surface area contributed by atoms with Gasteiger partial charge in [-0.2, -0.15) is 0 Å². The van der Waals surface area contributed by atoms with Gasteiger partial charge in [0.15, 0.2) is 0 Å². The third-order valence-electron chi connectivity index (χ3n) is 9.05. The highest BCUT2D eigenvalue weighted by atomic mass is 32.1. The summed E-state index contributed by atoms with van der Waals surface area (Å²) in [4.78, 5) is 0. The van der Waals surface area contributed by atoms with Crippen molar-refractivity contribution in [1.29, 1.82) is 0 Å². The van der Waals surface area contributed by atoms with Crippen molar-refractivity contribution in [2.45, 2.75) is 0 Å². The van der Waals surface area contributed by atoms with Gasteiger partial charge in [0.05, 0.1) is 55.2 Å². The molecular formula is C48H30N2S. The summed E-state index contributed by atoms with van der Waals surface area (Å²) in [7, 11) is 0. The molecule has 51 heavy (non-hydrogen) atoms. The van der Waals surface area contributed by atoms with Crippen LogP contribution in [0.4, 0.5) is 0 Å². The van der Waals surface area contributed by atoms with Gasteiger partial charge in [-0.15, -0.1) is 11.3 Å². The molecule has 0 spiro atoms. The Morgan fingerprint density at radius 3 is 2.08 bits per heavy atom. The Kier molecular flexibility index (Phi) is 3.30. The molecule has 3 heteroatoms. The van der Waals surface area contributed by atoms with Gasteiger partial charge in [0.2, 0.25) is 0 Å². The van der Waals surface area contributed by atoms with Crippen LogP contribution in [0.3, 0.4) is 0 Å². The molecule has 0 aliphatic rings. The van der Waals surface area contributed by atoms with E-state index in [1.807, 2.05) is 0 Å². The standard InChI is InChI=1S/C48H30N2S/c1-3-14-31(15-4-1)34-21-12-26-44-47(34)48-43(25-13-27-45(48)51-44)50-39-22-9-7-18-36(39)38-30-32(28-29-41(38)50)35-20-11-24-42-46(35)37-19-8-10-23-40(37)49(42)33-16-5-2-6-17-33/h1-30H/i3D,7D,8D,9D,10D,11D,12D,13D,14D,18D,20D,21D,23D,24D,25D,26D,27D,28D,29D,30D. The van der Waals surface area contributed by atoms with Crippen LogP contribution in [-0.2, 0) is 0 Å². The largest absolute Gasteiger partial charge is 0.309 e. The molecule has 0 radical (unpaired) electrons. The Morgan fingerprint density at radius 2 is 1.16 bits per heavy atom. The van der Waals surface area contributed by atoms with Gasteiger partial charge in [-0.3, -0.25) is 0 Å². The number of aromatic nitrogens is 2. The van der Waals surface area contributed by atoms with Crippen LogP contribution in [0, 0.1) is 0 Å². The van der Waals surface area contributed by atoms with Crippen LogP contribution in [0.2, 0.25) is 0 Å². The van der Waals surface area contributed by atoms with Gasteiger partial charge in [0, 0.05) is 47.4 Å². The normalized spacial score (nSPS) is 17.4. The van der Waals surface area contributed by atoms with Crippen LogP contribution < -0.4 is 0 Å². The zero-order valence-corrected chi connectivity index (χ0v) is 26.9. The number of benzene rings is 8. The van der Waals surface area contributed by atoms with E-state index in [1.165, 1.54) is 33.4 Å². The lowest BCUT2D eigenvalue weighted by molar-refractivity contribution is 1.18. The Hall–Kier alpha value is -6.42. The molecule has 0 saturated heterocycles. The second-order valence-corrected chi connectivity index (χ2v) is 12.8. The number of hydrogen-bond donors (Lipinski definition) is 0. The Labute approximate surface area is 326 Å². The topological polar surface area (TPSA) is 9.86 Å². The third-order valence-corrected chi connectivity index (χ3v) is 10.1. The summed E-state index contributed by atoms with van der Waals surface area (Å²) >= 11 is 0.807. The molecule has 3 heterocycles. The van der Waals surface area contributed by atoms with Crippen molar-refractivity contribution in [3.05, 3.63) is 182 Å². The van der Waals surface area contributed by atoms with Crippen LogP contribution in [0.25, 0.3) is 97.4 Å². The van der Waals surface area contributed by atoms with Crippen LogP contribution >= 0.6 is 11.3 Å². The highest BCUT2D eigenvalue weighted by Gasteiger charge is 2.21. The van der Waals surface area contributed by atoms with Crippen molar-refractivity contribution in [3.8, 4) is 33.6 Å². The summed E-state index contributed by atoms with van der Waals surface area (Å²) in [6, 6.07) is 4.27. The Bertz CT molecular complexity index is 4290. The number of fused-ring (bicyclic) bond motifs is 9. The maximum Gasteiger partial charge on any atom is 0.0645 e. The summed E-state index contributed by atoms with van der Waals surface area (Å²) in [5.74, 6) is 0. The lowest BCUT2D eigenvalue weighted by Gasteiger charge is -2.12. The van der Waals surface area contributed by atoms with Crippen LogP contribution in [0.15, 0.2) is 182 Å². The fourth-order valence-corrected chi connectivity index (χ4v) is 7.98. The average Bonchev–Trinajstić information content (AvgIpc) is 4.02. The molecule has 238 valence electrons. The lowest BCUT2D eigenvalue weighted by atomic mass is 9.97. The minimum atomic E-state index is -0.745. The van der Waals surface area contributed by atoms with Crippen molar-refractivity contribution in [2.75, 3.05) is 0 Å². The second kappa shape index (κ2) is 11.0. The molecule has 0 saturated carbocycles. The van der Waals surface area contributed by atoms with Gasteiger partial charge in [-0.1, -0.05) is 121 Å². The van der Waals surface area contributed by atoms with Crippen molar-refractivity contribution in [1.82, 2.24) is 9.13 Å². The molecule has 11 rings (SSSR count). The van der Waals surface area contributed by atoms with Gasteiger partial charge in [0.25, 0.3) is 0 Å². The number of rotatable bonds is 4. The number of thiophene rings is 1. The molecule has 0 aliphatic carbocycles. The van der Waals surface area contributed by atoms with Crippen LogP contribution in [0.5, 0.6) is 0 Å². The average molecular weight is 687 g/mol. The highest BCUT2D eigenvalue weighted by molar-refractivity contribution is 7.26. The van der Waals surface area contributed by atoms with Crippen molar-refractivity contribution in [2.24, 2.45) is 0 Å². The molecule has 0 atom stereocenters. The summed E-state index contributed by atoms with van der Waals surface area (Å²) < 4.78 is 186. The maximum atomic E-state index is 10.1. The van der Waals surface area contributed by atoms with Crippen molar-refractivity contribution >= 4 is 75.1 Å². The van der Waals surface area contributed by atoms with E-state index in [2.05, 4.69) is 0 Å².